The van der Waals surface area contributed by atoms with E-state index in [-0.39, 0.29) is 6.04 Å². The molecule has 0 radical (unpaired) electrons. The van der Waals surface area contributed by atoms with E-state index in [0.717, 1.165) is 77.1 Å². The van der Waals surface area contributed by atoms with Gasteiger partial charge in [-0.2, -0.15) is 0 Å². The van der Waals surface area contributed by atoms with Crippen LogP contribution in [0.25, 0.3) is 68.5 Å². The maximum atomic E-state index is 5.32. The molecule has 0 fully saturated rings. The first-order valence-corrected chi connectivity index (χ1v) is 19.0. The fourth-order valence-electron chi connectivity index (χ4n) is 7.20. The number of fused-ring (bicyclic) bond motifs is 1. The van der Waals surface area contributed by atoms with Crippen molar-refractivity contribution in [2.45, 2.75) is 26.8 Å². The van der Waals surface area contributed by atoms with Crippen LogP contribution in [0.5, 0.6) is 0 Å². The number of aromatic nitrogens is 1. The van der Waals surface area contributed by atoms with Crippen molar-refractivity contribution in [3.05, 3.63) is 209 Å². The minimum Gasteiger partial charge on any atom is -0.373 e. The van der Waals surface area contributed by atoms with Gasteiger partial charge in [0.15, 0.2) is 0 Å². The zero-order valence-corrected chi connectivity index (χ0v) is 32.7. The molecule has 0 spiro atoms. The van der Waals surface area contributed by atoms with E-state index in [9.17, 15) is 0 Å². The Balaban J connectivity index is 1.28. The molecule has 0 bridgehead atoms. The van der Waals surface area contributed by atoms with Crippen LogP contribution in [0.15, 0.2) is 176 Å². The Labute approximate surface area is 331 Å². The van der Waals surface area contributed by atoms with Crippen LogP contribution in [-0.4, -0.2) is 29.2 Å². The third-order valence-corrected chi connectivity index (χ3v) is 10.6. The van der Waals surface area contributed by atoms with Crippen LogP contribution in [-0.2, 0) is 0 Å². The molecule has 1 atom stereocenters. The van der Waals surface area contributed by atoms with Crippen molar-refractivity contribution in [2.75, 3.05) is 7.05 Å². The smallest absolute Gasteiger partial charge is 0.0751 e. The molecule has 1 heterocycles. The zero-order chi connectivity index (χ0) is 39.2. The number of aliphatic imine (C=N–C) groups is 1. The van der Waals surface area contributed by atoms with Gasteiger partial charge in [-0.3, -0.25) is 4.99 Å². The van der Waals surface area contributed by atoms with E-state index in [1.807, 2.05) is 42.6 Å². The average molecular weight is 726 g/mol. The normalized spacial score (nSPS) is 12.6. The number of benzene rings is 6. The Kier molecular flexibility index (Phi) is 11.2. The third-order valence-electron chi connectivity index (χ3n) is 10.6. The summed E-state index contributed by atoms with van der Waals surface area (Å²) in [5.41, 5.74) is 14.7. The standard InChI is InChI=1S/C53H47N3/c1-8-18-49(40(6)56(7)35-47-32-45(28-26-37(47)3)42-21-14-10-15-22-42)48-29-30-50-51(33-52(55-53(50)38(48)4)43-23-16-11-17-24-43)39(5)54-34-46-31-44(27-25-36(46)2)41-19-12-9-13-20-41/h8-35,40H,1,3,5H2,2,4,6-7H3/b47-35-,49-18-,54-34?. The van der Waals surface area contributed by atoms with Gasteiger partial charge in [0.25, 0.3) is 0 Å². The molecule has 0 N–H and O–H groups in total. The molecule has 1 aromatic heterocycles. The van der Waals surface area contributed by atoms with E-state index < -0.39 is 0 Å². The number of allylic oxidation sites excluding steroid dienone is 2. The van der Waals surface area contributed by atoms with Gasteiger partial charge in [-0.1, -0.05) is 159 Å². The molecule has 6 aromatic carbocycles. The lowest BCUT2D eigenvalue weighted by atomic mass is 9.90. The third kappa shape index (κ3) is 7.99. The number of rotatable bonds is 11. The van der Waals surface area contributed by atoms with Gasteiger partial charge >= 0.3 is 0 Å². The monoisotopic (exact) mass is 725 g/mol. The summed E-state index contributed by atoms with van der Waals surface area (Å²) in [6.45, 7) is 19.5. The SMILES string of the molecule is C=C/C=C(\c1ccc2c(C(=C)N=Cc3cc(-c4ccccc4)ccc3C)cc(-c3ccccc3)nc2c1C)C(C)N(C)/C=c1/cc(-c2ccccc2)ccc1=C. The molecule has 3 nitrogen and oxygen atoms in total. The second-order valence-electron chi connectivity index (χ2n) is 14.3. The van der Waals surface area contributed by atoms with E-state index in [2.05, 4.69) is 180 Å². The summed E-state index contributed by atoms with van der Waals surface area (Å²) in [7, 11) is 2.12. The Morgan fingerprint density at radius 3 is 1.95 bits per heavy atom. The van der Waals surface area contributed by atoms with E-state index >= 15 is 0 Å². The van der Waals surface area contributed by atoms with Crippen molar-refractivity contribution in [1.82, 2.24) is 9.88 Å². The average Bonchev–Trinajstić information content (AvgIpc) is 3.24. The first kappa shape index (κ1) is 37.5. The quantitative estimate of drug-likeness (QED) is 0.0981. The number of hydrogen-bond acceptors (Lipinski definition) is 3. The molecule has 7 rings (SSSR count). The van der Waals surface area contributed by atoms with Crippen LogP contribution in [0.2, 0.25) is 0 Å². The van der Waals surface area contributed by atoms with Gasteiger partial charge in [-0.25, -0.2) is 4.98 Å². The highest BCUT2D eigenvalue weighted by Gasteiger charge is 2.20. The zero-order valence-electron chi connectivity index (χ0n) is 32.7. The van der Waals surface area contributed by atoms with Crippen LogP contribution in [0.1, 0.15) is 34.7 Å². The lowest BCUT2D eigenvalue weighted by Gasteiger charge is -2.27. The van der Waals surface area contributed by atoms with Gasteiger partial charge in [0.1, 0.15) is 0 Å². The maximum absolute atomic E-state index is 5.32. The number of aryl methyl sites for hydroxylation is 2. The van der Waals surface area contributed by atoms with Crippen LogP contribution < -0.4 is 10.4 Å². The molecule has 0 aliphatic rings. The van der Waals surface area contributed by atoms with E-state index in [1.54, 1.807) is 0 Å². The van der Waals surface area contributed by atoms with Crippen molar-refractivity contribution in [2.24, 2.45) is 4.99 Å². The van der Waals surface area contributed by atoms with Crippen LogP contribution in [0, 0.1) is 13.8 Å². The largest absolute Gasteiger partial charge is 0.373 e. The van der Waals surface area contributed by atoms with Gasteiger partial charge in [0.05, 0.1) is 22.9 Å². The molecule has 0 amide bonds. The summed E-state index contributed by atoms with van der Waals surface area (Å²) >= 11 is 0. The fraction of sp³-hybridized carbons (Fsp3) is 0.0943. The van der Waals surface area contributed by atoms with Gasteiger partial charge in [0, 0.05) is 36.0 Å². The van der Waals surface area contributed by atoms with Crippen molar-refractivity contribution in [3.63, 3.8) is 0 Å². The molecule has 56 heavy (non-hydrogen) atoms. The van der Waals surface area contributed by atoms with Crippen LogP contribution in [0.3, 0.4) is 0 Å². The fourth-order valence-corrected chi connectivity index (χ4v) is 7.20. The Bertz CT molecular complexity index is 2730. The Hall–Kier alpha value is -6.84. The number of likely N-dealkylation sites (N-methyl/N-ethyl adjacent to an activating group) is 1. The molecule has 0 saturated heterocycles. The Morgan fingerprint density at radius 1 is 0.696 bits per heavy atom. The first-order chi connectivity index (χ1) is 27.2. The van der Waals surface area contributed by atoms with Crippen LogP contribution in [0.4, 0.5) is 0 Å². The van der Waals surface area contributed by atoms with E-state index in [1.165, 1.54) is 11.1 Å². The highest BCUT2D eigenvalue weighted by molar-refractivity contribution is 5.99. The molecule has 274 valence electrons. The van der Waals surface area contributed by atoms with E-state index in [0.29, 0.717) is 5.70 Å². The predicted octanol–water partition coefficient (Wildman–Crippen LogP) is 11.7. The number of nitrogens with zero attached hydrogens (tertiary/aromatic N) is 3. The summed E-state index contributed by atoms with van der Waals surface area (Å²) < 4.78 is 0. The highest BCUT2D eigenvalue weighted by atomic mass is 15.1. The second kappa shape index (κ2) is 16.7. The predicted molar refractivity (Wildman–Crippen MR) is 242 cm³/mol. The van der Waals surface area contributed by atoms with E-state index in [4.69, 9.17) is 9.98 Å². The number of pyridine rings is 1. The summed E-state index contributed by atoms with van der Waals surface area (Å²) in [4.78, 5) is 12.6. The molecule has 0 saturated carbocycles. The summed E-state index contributed by atoms with van der Waals surface area (Å²) in [5, 5.41) is 3.06. The maximum Gasteiger partial charge on any atom is 0.0751 e. The van der Waals surface area contributed by atoms with Crippen molar-refractivity contribution >= 4 is 41.2 Å². The summed E-state index contributed by atoms with van der Waals surface area (Å²) in [6.07, 6.45) is 8.11. The first-order valence-electron chi connectivity index (χ1n) is 19.0. The van der Waals surface area contributed by atoms with Gasteiger partial charge in [0.2, 0.25) is 0 Å². The lowest BCUT2D eigenvalue weighted by Crippen LogP contribution is -2.32. The second-order valence-corrected chi connectivity index (χ2v) is 14.3. The summed E-state index contributed by atoms with van der Waals surface area (Å²) in [6, 6.07) is 50.7. The topological polar surface area (TPSA) is 28.5 Å². The van der Waals surface area contributed by atoms with Gasteiger partial charge in [-0.15, -0.1) is 0 Å². The molecular formula is C53H47N3. The minimum atomic E-state index is 0.00941. The Morgan fingerprint density at radius 2 is 1.30 bits per heavy atom. The van der Waals surface area contributed by atoms with Crippen molar-refractivity contribution in [3.8, 4) is 33.5 Å². The molecule has 3 heteroatoms. The van der Waals surface area contributed by atoms with Crippen LogP contribution >= 0.6 is 0 Å². The molecule has 0 aliphatic carbocycles. The molecular weight excluding hydrogens is 679 g/mol. The van der Waals surface area contributed by atoms with Crippen molar-refractivity contribution < 1.29 is 0 Å². The molecule has 0 aliphatic heterocycles. The summed E-state index contributed by atoms with van der Waals surface area (Å²) in [5.74, 6) is 0. The van der Waals surface area contributed by atoms with Gasteiger partial charge < -0.3 is 4.90 Å². The minimum absolute atomic E-state index is 0.00941. The molecule has 7 aromatic rings. The highest BCUT2D eigenvalue weighted by Crippen LogP contribution is 2.35. The van der Waals surface area contributed by atoms with Gasteiger partial charge in [-0.05, 0) is 99.5 Å². The lowest BCUT2D eigenvalue weighted by molar-refractivity contribution is 0.455. The molecule has 1 unspecified atom stereocenters. The number of hydrogen-bond donors (Lipinski definition) is 0. The van der Waals surface area contributed by atoms with Crippen molar-refractivity contribution in [1.29, 1.82) is 0 Å².